The summed E-state index contributed by atoms with van der Waals surface area (Å²) >= 11 is 0. The zero-order chi connectivity index (χ0) is 32.7. The highest BCUT2D eigenvalue weighted by Gasteiger charge is 2.13. The number of benzene rings is 4. The maximum Gasteiger partial charge on any atom is 0.343 e. The zero-order valence-corrected chi connectivity index (χ0v) is 25.4. The third-order valence-corrected chi connectivity index (χ3v) is 6.59. The summed E-state index contributed by atoms with van der Waals surface area (Å²) in [5.74, 6) is -0.320. The van der Waals surface area contributed by atoms with Gasteiger partial charge in [0.1, 0.15) is 17.2 Å². The predicted octanol–water partition coefficient (Wildman–Crippen LogP) is 7.27. The van der Waals surface area contributed by atoms with Crippen LogP contribution in [0, 0.1) is 6.92 Å². The van der Waals surface area contributed by atoms with E-state index in [2.05, 4.69) is 16.8 Å². The lowest BCUT2D eigenvalue weighted by Crippen LogP contribution is -2.10. The molecule has 0 fully saturated rings. The molecule has 4 aromatic carbocycles. The number of rotatable bonds is 15. The first-order valence-electron chi connectivity index (χ1n) is 14.6. The van der Waals surface area contributed by atoms with Crippen LogP contribution < -0.4 is 14.2 Å². The minimum atomic E-state index is -0.563. The van der Waals surface area contributed by atoms with E-state index in [9.17, 15) is 14.4 Å². The van der Waals surface area contributed by atoms with Crippen LogP contribution in [0.4, 0.5) is 11.4 Å². The van der Waals surface area contributed by atoms with Crippen molar-refractivity contribution >= 4 is 29.3 Å². The maximum absolute atomic E-state index is 12.8. The van der Waals surface area contributed by atoms with Gasteiger partial charge in [-0.15, -0.1) is 0 Å². The van der Waals surface area contributed by atoms with Crippen LogP contribution in [0.3, 0.4) is 0 Å². The Morgan fingerprint density at radius 1 is 0.739 bits per heavy atom. The topological polar surface area (TPSA) is 133 Å². The molecule has 0 amide bonds. The lowest BCUT2D eigenvalue weighted by molar-refractivity contribution is -0.137. The molecule has 0 atom stereocenters. The molecule has 4 aromatic rings. The molecule has 0 saturated carbocycles. The first-order chi connectivity index (χ1) is 22.3. The Labute approximate surface area is 266 Å². The third kappa shape index (κ3) is 10.2. The molecule has 0 saturated heterocycles. The molecule has 0 bridgehead atoms. The second kappa shape index (κ2) is 17.0. The van der Waals surface area contributed by atoms with Crippen molar-refractivity contribution in [2.45, 2.75) is 26.2 Å². The molecule has 236 valence electrons. The Balaban J connectivity index is 1.24. The fourth-order valence-corrected chi connectivity index (χ4v) is 4.08. The van der Waals surface area contributed by atoms with Crippen molar-refractivity contribution in [3.8, 4) is 17.2 Å². The predicted molar refractivity (Wildman–Crippen MR) is 171 cm³/mol. The molecular weight excluding hydrogens is 588 g/mol. The Bertz CT molecular complexity index is 1660. The van der Waals surface area contributed by atoms with E-state index < -0.39 is 17.9 Å². The molecule has 4 rings (SSSR count). The van der Waals surface area contributed by atoms with Gasteiger partial charge in [0, 0.05) is 12.7 Å². The average Bonchev–Trinajstić information content (AvgIpc) is 3.07. The van der Waals surface area contributed by atoms with E-state index in [-0.39, 0.29) is 17.9 Å². The van der Waals surface area contributed by atoms with Gasteiger partial charge < -0.3 is 24.1 Å². The molecule has 0 aliphatic carbocycles. The minimum absolute atomic E-state index is 0.0915. The van der Waals surface area contributed by atoms with Crippen molar-refractivity contribution in [2.75, 3.05) is 19.8 Å². The van der Waals surface area contributed by atoms with Crippen LogP contribution in [-0.4, -0.2) is 42.8 Å². The summed E-state index contributed by atoms with van der Waals surface area (Å²) in [6.45, 7) is 5.97. The van der Waals surface area contributed by atoms with Gasteiger partial charge in [-0.2, -0.15) is 10.2 Å². The quantitative estimate of drug-likeness (QED) is 0.0481. The lowest BCUT2D eigenvalue weighted by Gasteiger charge is -2.09. The molecule has 10 nitrogen and oxygen atoms in total. The van der Waals surface area contributed by atoms with Gasteiger partial charge in [-0.05, 0) is 116 Å². The van der Waals surface area contributed by atoms with Gasteiger partial charge >= 0.3 is 17.9 Å². The Morgan fingerprint density at radius 2 is 1.33 bits per heavy atom. The van der Waals surface area contributed by atoms with Crippen molar-refractivity contribution in [3.05, 3.63) is 126 Å². The van der Waals surface area contributed by atoms with E-state index in [1.807, 2.05) is 24.3 Å². The molecule has 1 N–H and O–H groups in total. The highest BCUT2D eigenvalue weighted by Crippen LogP contribution is 2.27. The van der Waals surface area contributed by atoms with Gasteiger partial charge in [-0.3, -0.25) is 0 Å². The van der Waals surface area contributed by atoms with Gasteiger partial charge in [0.25, 0.3) is 0 Å². The highest BCUT2D eigenvalue weighted by atomic mass is 16.5. The number of esters is 3. The molecule has 0 spiro atoms. The number of carbonyl (C=O) groups is 3. The lowest BCUT2D eigenvalue weighted by atomic mass is 10.1. The van der Waals surface area contributed by atoms with Crippen LogP contribution >= 0.6 is 0 Å². The number of aryl methyl sites for hydroxylation is 1. The first-order valence-corrected chi connectivity index (χ1v) is 14.6. The SMILES string of the molecule is C=CC(=O)OCCCCOc1ccc(C(=O)Oc2ccc(C(=O)Oc3ccc(N=Nc4ccc(CCO)cc4)cc3C)cc2)cc1. The van der Waals surface area contributed by atoms with Gasteiger partial charge in [-0.25, -0.2) is 14.4 Å². The number of unbranched alkanes of at least 4 members (excludes halogenated alkanes) is 1. The summed E-state index contributed by atoms with van der Waals surface area (Å²) < 4.78 is 21.6. The largest absolute Gasteiger partial charge is 0.494 e. The Kier molecular flexibility index (Phi) is 12.3. The van der Waals surface area contributed by atoms with Crippen molar-refractivity contribution in [2.24, 2.45) is 10.2 Å². The molecule has 0 heterocycles. The monoisotopic (exact) mass is 622 g/mol. The summed E-state index contributed by atoms with van der Waals surface area (Å²) in [6, 6.07) is 25.2. The van der Waals surface area contributed by atoms with Crippen molar-refractivity contribution < 1.29 is 38.4 Å². The Morgan fingerprint density at radius 3 is 1.96 bits per heavy atom. The summed E-state index contributed by atoms with van der Waals surface area (Å²) in [5, 5.41) is 17.5. The first kappa shape index (κ1) is 33.3. The van der Waals surface area contributed by atoms with Crippen molar-refractivity contribution in [3.63, 3.8) is 0 Å². The van der Waals surface area contributed by atoms with Gasteiger partial charge in [-0.1, -0.05) is 18.7 Å². The fourth-order valence-electron chi connectivity index (χ4n) is 4.08. The van der Waals surface area contributed by atoms with Gasteiger partial charge in [0.05, 0.1) is 35.7 Å². The number of hydrogen-bond acceptors (Lipinski definition) is 10. The van der Waals surface area contributed by atoms with Crippen LogP contribution in [0.5, 0.6) is 17.2 Å². The van der Waals surface area contributed by atoms with E-state index in [0.717, 1.165) is 11.6 Å². The summed E-state index contributed by atoms with van der Waals surface area (Å²) in [5.41, 5.74) is 3.63. The summed E-state index contributed by atoms with van der Waals surface area (Å²) in [7, 11) is 0. The summed E-state index contributed by atoms with van der Waals surface area (Å²) in [4.78, 5) is 36.4. The van der Waals surface area contributed by atoms with Crippen LogP contribution in [0.25, 0.3) is 0 Å². The second-order valence-electron chi connectivity index (χ2n) is 10.0. The fraction of sp³-hybridized carbons (Fsp3) is 0.194. The number of carbonyl (C=O) groups excluding carboxylic acids is 3. The zero-order valence-electron chi connectivity index (χ0n) is 25.4. The second-order valence-corrected chi connectivity index (χ2v) is 10.0. The number of aliphatic hydroxyl groups is 1. The molecule has 0 aliphatic heterocycles. The number of azo groups is 1. The molecule has 0 radical (unpaired) electrons. The number of ether oxygens (including phenoxy) is 4. The van der Waals surface area contributed by atoms with Crippen molar-refractivity contribution in [1.29, 1.82) is 0 Å². The standard InChI is InChI=1S/C36H34N2O8/c1-3-34(40)44-23-5-4-22-43-31-15-8-27(9-16-31)35(41)45-32-17-10-28(11-18-32)36(42)46-33-19-14-30(24-25(33)2)38-37-29-12-6-26(7-13-29)20-21-39/h3,6-19,24,39H,1,4-5,20-23H2,2H3. The number of nitrogens with zero attached hydrogens (tertiary/aromatic N) is 2. The van der Waals surface area contributed by atoms with Crippen molar-refractivity contribution in [1.82, 2.24) is 0 Å². The van der Waals surface area contributed by atoms with Crippen LogP contribution in [0.1, 0.15) is 44.7 Å². The van der Waals surface area contributed by atoms with Crippen LogP contribution in [0.2, 0.25) is 0 Å². The summed E-state index contributed by atoms with van der Waals surface area (Å²) in [6.07, 6.45) is 3.06. The average molecular weight is 623 g/mol. The smallest absolute Gasteiger partial charge is 0.343 e. The maximum atomic E-state index is 12.8. The van der Waals surface area contributed by atoms with E-state index in [0.29, 0.717) is 66.5 Å². The van der Waals surface area contributed by atoms with E-state index in [1.54, 1.807) is 49.4 Å². The minimum Gasteiger partial charge on any atom is -0.494 e. The molecule has 0 aromatic heterocycles. The van der Waals surface area contributed by atoms with Crippen LogP contribution in [0.15, 0.2) is 114 Å². The third-order valence-electron chi connectivity index (χ3n) is 6.59. The molecular formula is C36H34N2O8. The van der Waals surface area contributed by atoms with Gasteiger partial charge in [0.15, 0.2) is 0 Å². The number of aliphatic hydroxyl groups excluding tert-OH is 1. The van der Waals surface area contributed by atoms with Crippen LogP contribution in [-0.2, 0) is 16.0 Å². The van der Waals surface area contributed by atoms with E-state index >= 15 is 0 Å². The molecule has 0 aliphatic rings. The van der Waals surface area contributed by atoms with Gasteiger partial charge in [0.2, 0.25) is 0 Å². The molecule has 46 heavy (non-hydrogen) atoms. The number of hydrogen-bond donors (Lipinski definition) is 1. The highest BCUT2D eigenvalue weighted by molar-refractivity contribution is 5.93. The van der Waals surface area contributed by atoms with E-state index in [4.69, 9.17) is 24.1 Å². The Hall–Kier alpha value is -5.61. The normalized spacial score (nSPS) is 10.7. The molecule has 10 heteroatoms. The molecule has 0 unspecified atom stereocenters. The van der Waals surface area contributed by atoms with E-state index in [1.165, 1.54) is 24.3 Å².